The number of hydrogen-bond acceptors (Lipinski definition) is 4. The number of carbonyl (C=O) groups excluding carboxylic acids is 2. The van der Waals surface area contributed by atoms with Gasteiger partial charge in [-0.05, 0) is 37.3 Å². The zero-order chi connectivity index (χ0) is 17.9. The molecule has 0 saturated heterocycles. The van der Waals surface area contributed by atoms with Gasteiger partial charge in [-0.15, -0.1) is 0 Å². The molecular formula is C17H15F2NO4. The summed E-state index contributed by atoms with van der Waals surface area (Å²) < 4.78 is 26.6. The van der Waals surface area contributed by atoms with Crippen LogP contribution < -0.4 is 5.32 Å². The van der Waals surface area contributed by atoms with Crippen molar-refractivity contribution in [1.82, 2.24) is 5.32 Å². The lowest BCUT2D eigenvalue weighted by Crippen LogP contribution is -2.42. The maximum Gasteiger partial charge on any atom is 0.292 e. The molecule has 126 valence electrons. The standard InChI is InChI=1S/C17H15F2NO4/c1-17(24,13-7-4-11(18)8-14(13)19)9-20-16(23)15(22)10-2-5-12(21)6-3-10/h2-8,21,24H,9H2,1H3,(H,20,23). The van der Waals surface area contributed by atoms with E-state index in [2.05, 4.69) is 5.32 Å². The highest BCUT2D eigenvalue weighted by molar-refractivity contribution is 6.42. The smallest absolute Gasteiger partial charge is 0.292 e. The molecule has 24 heavy (non-hydrogen) atoms. The van der Waals surface area contributed by atoms with Crippen LogP contribution in [0.15, 0.2) is 42.5 Å². The molecule has 5 nitrogen and oxygen atoms in total. The molecule has 2 aromatic rings. The van der Waals surface area contributed by atoms with Gasteiger partial charge in [-0.3, -0.25) is 9.59 Å². The topological polar surface area (TPSA) is 86.6 Å². The van der Waals surface area contributed by atoms with Crippen LogP contribution in [-0.4, -0.2) is 28.4 Å². The fraction of sp³-hybridized carbons (Fsp3) is 0.176. The number of halogens is 2. The molecular weight excluding hydrogens is 320 g/mol. The Morgan fingerprint density at radius 3 is 2.33 bits per heavy atom. The van der Waals surface area contributed by atoms with Crippen molar-refractivity contribution in [2.45, 2.75) is 12.5 Å². The Bertz CT molecular complexity index is 773. The second-order valence-corrected chi connectivity index (χ2v) is 5.46. The molecule has 0 aliphatic heterocycles. The van der Waals surface area contributed by atoms with Crippen molar-refractivity contribution in [1.29, 1.82) is 0 Å². The molecule has 0 spiro atoms. The summed E-state index contributed by atoms with van der Waals surface area (Å²) in [6.07, 6.45) is 0. The summed E-state index contributed by atoms with van der Waals surface area (Å²) in [4.78, 5) is 23.8. The van der Waals surface area contributed by atoms with Crippen LogP contribution in [0.4, 0.5) is 8.78 Å². The maximum absolute atomic E-state index is 13.7. The predicted molar refractivity (Wildman–Crippen MR) is 81.4 cm³/mol. The fourth-order valence-corrected chi connectivity index (χ4v) is 2.10. The Morgan fingerprint density at radius 2 is 1.75 bits per heavy atom. The Hall–Kier alpha value is -2.80. The van der Waals surface area contributed by atoms with E-state index in [1.165, 1.54) is 31.2 Å². The molecule has 0 bridgehead atoms. The number of rotatable bonds is 5. The van der Waals surface area contributed by atoms with E-state index >= 15 is 0 Å². The molecule has 0 radical (unpaired) electrons. The number of aliphatic hydroxyl groups is 1. The van der Waals surface area contributed by atoms with Crippen molar-refractivity contribution >= 4 is 11.7 Å². The second-order valence-electron chi connectivity index (χ2n) is 5.46. The highest BCUT2D eigenvalue weighted by Gasteiger charge is 2.28. The monoisotopic (exact) mass is 335 g/mol. The lowest BCUT2D eigenvalue weighted by molar-refractivity contribution is -0.118. The molecule has 0 aliphatic carbocycles. The van der Waals surface area contributed by atoms with Crippen LogP contribution in [0.2, 0.25) is 0 Å². The van der Waals surface area contributed by atoms with Crippen molar-refractivity contribution in [3.8, 4) is 5.75 Å². The Labute approximate surface area is 136 Å². The molecule has 0 saturated carbocycles. The number of hydrogen-bond donors (Lipinski definition) is 3. The summed E-state index contributed by atoms with van der Waals surface area (Å²) in [5.41, 5.74) is -1.98. The number of amides is 1. The SMILES string of the molecule is CC(O)(CNC(=O)C(=O)c1ccc(O)cc1)c1ccc(F)cc1F. The third-order valence-corrected chi connectivity index (χ3v) is 3.44. The van der Waals surface area contributed by atoms with E-state index in [0.717, 1.165) is 12.1 Å². The zero-order valence-corrected chi connectivity index (χ0v) is 12.7. The van der Waals surface area contributed by atoms with Crippen LogP contribution in [-0.2, 0) is 10.4 Å². The normalized spacial score (nSPS) is 13.2. The largest absolute Gasteiger partial charge is 0.508 e. The zero-order valence-electron chi connectivity index (χ0n) is 12.7. The third kappa shape index (κ3) is 3.94. The van der Waals surface area contributed by atoms with Gasteiger partial charge in [0.1, 0.15) is 23.0 Å². The van der Waals surface area contributed by atoms with Gasteiger partial charge in [0.15, 0.2) is 0 Å². The van der Waals surface area contributed by atoms with Gasteiger partial charge in [-0.1, -0.05) is 6.07 Å². The number of nitrogens with one attached hydrogen (secondary N) is 1. The molecule has 3 N–H and O–H groups in total. The van der Waals surface area contributed by atoms with Crippen molar-refractivity contribution in [2.24, 2.45) is 0 Å². The van der Waals surface area contributed by atoms with Gasteiger partial charge < -0.3 is 15.5 Å². The van der Waals surface area contributed by atoms with Gasteiger partial charge in [0.2, 0.25) is 5.78 Å². The van der Waals surface area contributed by atoms with E-state index in [4.69, 9.17) is 5.11 Å². The summed E-state index contributed by atoms with van der Waals surface area (Å²) >= 11 is 0. The van der Waals surface area contributed by atoms with E-state index in [9.17, 15) is 23.5 Å². The summed E-state index contributed by atoms with van der Waals surface area (Å²) in [5, 5.41) is 21.6. The highest BCUT2D eigenvalue weighted by atomic mass is 19.1. The van der Waals surface area contributed by atoms with E-state index in [0.29, 0.717) is 6.07 Å². The number of carbonyl (C=O) groups is 2. The fourth-order valence-electron chi connectivity index (χ4n) is 2.10. The van der Waals surface area contributed by atoms with Crippen molar-refractivity contribution in [2.75, 3.05) is 6.54 Å². The quantitative estimate of drug-likeness (QED) is 0.575. The lowest BCUT2D eigenvalue weighted by Gasteiger charge is -2.24. The van der Waals surface area contributed by atoms with E-state index < -0.39 is 35.5 Å². The van der Waals surface area contributed by atoms with Gasteiger partial charge in [0.25, 0.3) is 5.91 Å². The number of phenolic OH excluding ortho intramolecular Hbond substituents is 1. The number of aromatic hydroxyl groups is 1. The third-order valence-electron chi connectivity index (χ3n) is 3.44. The van der Waals surface area contributed by atoms with Crippen LogP contribution in [0.1, 0.15) is 22.8 Å². The minimum absolute atomic E-state index is 0.0536. The van der Waals surface area contributed by atoms with Crippen LogP contribution in [0.25, 0.3) is 0 Å². The maximum atomic E-state index is 13.7. The number of benzene rings is 2. The average Bonchev–Trinajstić information content (AvgIpc) is 2.52. The summed E-state index contributed by atoms with van der Waals surface area (Å²) in [7, 11) is 0. The van der Waals surface area contributed by atoms with Crippen LogP contribution >= 0.6 is 0 Å². The number of phenols is 1. The molecule has 2 rings (SSSR count). The Kier molecular flexibility index (Phi) is 4.94. The van der Waals surface area contributed by atoms with Gasteiger partial charge in [-0.25, -0.2) is 8.78 Å². The molecule has 0 aliphatic rings. The molecule has 1 unspecified atom stereocenters. The second kappa shape index (κ2) is 6.76. The number of ketones is 1. The van der Waals surface area contributed by atoms with Gasteiger partial charge >= 0.3 is 0 Å². The van der Waals surface area contributed by atoms with Crippen LogP contribution in [0, 0.1) is 11.6 Å². The molecule has 2 aromatic carbocycles. The first-order valence-electron chi connectivity index (χ1n) is 7.00. The summed E-state index contributed by atoms with van der Waals surface area (Å²) in [5.74, 6) is -3.67. The predicted octanol–water partition coefficient (Wildman–Crippen LogP) is 1.88. The number of Topliss-reactive ketones (excluding diaryl/α,β-unsaturated/α-hetero) is 1. The van der Waals surface area contributed by atoms with Crippen molar-refractivity contribution < 1.29 is 28.6 Å². The molecule has 0 fully saturated rings. The minimum Gasteiger partial charge on any atom is -0.508 e. The van der Waals surface area contributed by atoms with E-state index in [1.807, 2.05) is 0 Å². The summed E-state index contributed by atoms with van der Waals surface area (Å²) in [6.45, 7) is 0.785. The minimum atomic E-state index is -1.83. The van der Waals surface area contributed by atoms with E-state index in [1.54, 1.807) is 0 Å². The molecule has 7 heteroatoms. The molecule has 1 amide bonds. The van der Waals surface area contributed by atoms with Crippen molar-refractivity contribution in [3.05, 3.63) is 65.2 Å². The van der Waals surface area contributed by atoms with Crippen LogP contribution in [0.3, 0.4) is 0 Å². The first-order chi connectivity index (χ1) is 11.2. The highest BCUT2D eigenvalue weighted by Crippen LogP contribution is 2.23. The molecule has 0 heterocycles. The van der Waals surface area contributed by atoms with Gasteiger partial charge in [0.05, 0.1) is 6.54 Å². The van der Waals surface area contributed by atoms with Gasteiger partial charge in [0, 0.05) is 17.2 Å². The first kappa shape index (κ1) is 17.6. The Balaban J connectivity index is 2.06. The molecule has 0 aromatic heterocycles. The summed E-state index contributed by atoms with van der Waals surface area (Å²) in [6, 6.07) is 7.72. The van der Waals surface area contributed by atoms with E-state index in [-0.39, 0.29) is 16.9 Å². The van der Waals surface area contributed by atoms with Crippen molar-refractivity contribution in [3.63, 3.8) is 0 Å². The Morgan fingerprint density at radius 1 is 1.12 bits per heavy atom. The van der Waals surface area contributed by atoms with Crippen LogP contribution in [0.5, 0.6) is 5.75 Å². The first-order valence-corrected chi connectivity index (χ1v) is 7.00. The van der Waals surface area contributed by atoms with Gasteiger partial charge in [-0.2, -0.15) is 0 Å². The lowest BCUT2D eigenvalue weighted by atomic mass is 9.95. The molecule has 1 atom stereocenters. The average molecular weight is 335 g/mol.